The van der Waals surface area contributed by atoms with E-state index in [1.54, 1.807) is 0 Å². The number of phenolic OH excluding ortho intramolecular Hbond substituents is 2. The van der Waals surface area contributed by atoms with Crippen molar-refractivity contribution in [2.75, 3.05) is 0 Å². The van der Waals surface area contributed by atoms with E-state index in [9.17, 15) is 10.2 Å². The van der Waals surface area contributed by atoms with E-state index in [0.717, 1.165) is 32.0 Å². The molecule has 3 aromatic carbocycles. The molecule has 0 aliphatic rings. The second-order valence-electron chi connectivity index (χ2n) is 15.2. The van der Waals surface area contributed by atoms with Crippen LogP contribution < -0.4 is 0 Å². The first-order chi connectivity index (χ1) is 18.1. The van der Waals surface area contributed by atoms with Gasteiger partial charge >= 0.3 is 0 Å². The summed E-state index contributed by atoms with van der Waals surface area (Å²) in [6, 6.07) is 17.5. The van der Waals surface area contributed by atoms with Gasteiger partial charge in [-0.3, -0.25) is 0 Å². The molecule has 0 bridgehead atoms. The Labute approximate surface area is 252 Å². The Morgan fingerprint density at radius 2 is 0.775 bits per heavy atom. The molecule has 0 saturated carbocycles. The summed E-state index contributed by atoms with van der Waals surface area (Å²) in [6.07, 6.45) is 0. The number of hydrogen-bond donors (Lipinski definition) is 2. The van der Waals surface area contributed by atoms with Crippen LogP contribution in [0.15, 0.2) is 58.3 Å². The molecule has 0 saturated heterocycles. The third-order valence-electron chi connectivity index (χ3n) is 7.23. The van der Waals surface area contributed by atoms with Gasteiger partial charge in [0.2, 0.25) is 0 Å². The van der Waals surface area contributed by atoms with Crippen molar-refractivity contribution < 1.29 is 10.2 Å². The molecule has 0 radical (unpaired) electrons. The van der Waals surface area contributed by atoms with E-state index in [1.807, 2.05) is 23.5 Å². The summed E-state index contributed by atoms with van der Waals surface area (Å²) in [5.41, 5.74) is 5.64. The Kier molecular flexibility index (Phi) is 9.20. The maximum atomic E-state index is 11.3. The minimum atomic E-state index is -0.187. The minimum absolute atomic E-state index is 0.0796. The second kappa shape index (κ2) is 11.3. The normalized spacial score (nSPS) is 13.2. The molecule has 0 aromatic heterocycles. The first kappa shape index (κ1) is 32.5. The van der Waals surface area contributed by atoms with Gasteiger partial charge in [-0.25, -0.2) is 0 Å². The standard InChI is InChI=1S/C36H50O2S2/c1-22-14-16-23(17-15-22)32(39-24-18-26(33(2,3)4)30(37)27(19-24)34(5,6)7)40-25-20-28(35(8,9)10)31(38)29(21-25)36(11,12)13/h14-21,32,37-38H,1-13H3. The molecule has 40 heavy (non-hydrogen) atoms. The fraction of sp³-hybridized carbons (Fsp3) is 0.500. The topological polar surface area (TPSA) is 40.5 Å². The van der Waals surface area contributed by atoms with E-state index in [-0.39, 0.29) is 26.2 Å². The molecule has 0 fully saturated rings. The summed E-state index contributed by atoms with van der Waals surface area (Å²) in [6.45, 7) is 28.0. The first-order valence-electron chi connectivity index (χ1n) is 14.2. The molecule has 0 unspecified atom stereocenters. The number of benzene rings is 3. The van der Waals surface area contributed by atoms with Crippen molar-refractivity contribution in [3.8, 4) is 11.5 Å². The molecule has 218 valence electrons. The number of thioether (sulfide) groups is 2. The average Bonchev–Trinajstić information content (AvgIpc) is 2.78. The van der Waals surface area contributed by atoms with Gasteiger partial charge < -0.3 is 10.2 Å². The van der Waals surface area contributed by atoms with E-state index < -0.39 is 0 Å². The van der Waals surface area contributed by atoms with Gasteiger partial charge in [-0.1, -0.05) is 113 Å². The maximum Gasteiger partial charge on any atom is 0.123 e. The molecule has 2 nitrogen and oxygen atoms in total. The minimum Gasteiger partial charge on any atom is -0.507 e. The molecular formula is C36H50O2S2. The predicted octanol–water partition coefficient (Wildman–Crippen LogP) is 11.2. The van der Waals surface area contributed by atoms with Gasteiger partial charge in [0.15, 0.2) is 0 Å². The third kappa shape index (κ3) is 7.62. The predicted molar refractivity (Wildman–Crippen MR) is 177 cm³/mol. The van der Waals surface area contributed by atoms with Crippen LogP contribution in [-0.2, 0) is 21.7 Å². The highest BCUT2D eigenvalue weighted by molar-refractivity contribution is 8.16. The van der Waals surface area contributed by atoms with Gasteiger partial charge in [0.1, 0.15) is 11.5 Å². The zero-order chi connectivity index (χ0) is 30.4. The van der Waals surface area contributed by atoms with E-state index >= 15 is 0 Å². The van der Waals surface area contributed by atoms with Crippen molar-refractivity contribution in [1.82, 2.24) is 0 Å². The van der Waals surface area contributed by atoms with Gasteiger partial charge in [-0.05, 0) is 58.4 Å². The van der Waals surface area contributed by atoms with Crippen LogP contribution in [0.2, 0.25) is 0 Å². The average molecular weight is 579 g/mol. The van der Waals surface area contributed by atoms with Gasteiger partial charge in [-0.2, -0.15) is 0 Å². The number of aromatic hydroxyl groups is 2. The van der Waals surface area contributed by atoms with Crippen molar-refractivity contribution in [3.05, 3.63) is 81.9 Å². The molecule has 2 N–H and O–H groups in total. The maximum absolute atomic E-state index is 11.3. The van der Waals surface area contributed by atoms with Crippen LogP contribution in [0.25, 0.3) is 0 Å². The lowest BCUT2D eigenvalue weighted by Crippen LogP contribution is -2.17. The number of rotatable bonds is 5. The summed E-state index contributed by atoms with van der Waals surface area (Å²) < 4.78 is 0.0796. The molecule has 0 aliphatic heterocycles. The van der Waals surface area contributed by atoms with Crippen molar-refractivity contribution in [2.45, 2.75) is 126 Å². The van der Waals surface area contributed by atoms with Crippen molar-refractivity contribution in [3.63, 3.8) is 0 Å². The molecule has 4 heteroatoms. The highest BCUT2D eigenvalue weighted by atomic mass is 32.2. The molecule has 0 spiro atoms. The highest BCUT2D eigenvalue weighted by Crippen LogP contribution is 2.52. The molecule has 0 atom stereocenters. The van der Waals surface area contributed by atoms with E-state index in [4.69, 9.17) is 0 Å². The lowest BCUT2D eigenvalue weighted by molar-refractivity contribution is 0.421. The van der Waals surface area contributed by atoms with Crippen LogP contribution in [0.3, 0.4) is 0 Å². The molecule has 0 heterocycles. The number of aryl methyl sites for hydroxylation is 1. The molecule has 0 amide bonds. The fourth-order valence-corrected chi connectivity index (χ4v) is 7.45. The van der Waals surface area contributed by atoms with Crippen molar-refractivity contribution >= 4 is 23.5 Å². The zero-order valence-electron chi connectivity index (χ0n) is 26.9. The van der Waals surface area contributed by atoms with E-state index in [2.05, 4.69) is 139 Å². The fourth-order valence-electron chi connectivity index (χ4n) is 4.77. The van der Waals surface area contributed by atoms with Crippen LogP contribution in [0.4, 0.5) is 0 Å². The Hall–Kier alpha value is -2.04. The van der Waals surface area contributed by atoms with Crippen LogP contribution in [-0.4, -0.2) is 10.2 Å². The monoisotopic (exact) mass is 578 g/mol. The lowest BCUT2D eigenvalue weighted by atomic mass is 9.79. The van der Waals surface area contributed by atoms with Gasteiger partial charge in [0, 0.05) is 32.0 Å². The first-order valence-corrected chi connectivity index (χ1v) is 16.0. The van der Waals surface area contributed by atoms with Crippen molar-refractivity contribution in [2.24, 2.45) is 0 Å². The van der Waals surface area contributed by atoms with Crippen LogP contribution >= 0.6 is 23.5 Å². The van der Waals surface area contributed by atoms with E-state index in [0.29, 0.717) is 11.5 Å². The molecule has 0 aliphatic carbocycles. The lowest BCUT2D eigenvalue weighted by Gasteiger charge is -2.30. The second-order valence-corrected chi connectivity index (χ2v) is 17.9. The Bertz CT molecular complexity index is 1190. The zero-order valence-corrected chi connectivity index (χ0v) is 28.5. The van der Waals surface area contributed by atoms with Gasteiger partial charge in [0.05, 0.1) is 4.58 Å². The van der Waals surface area contributed by atoms with Gasteiger partial charge in [0.25, 0.3) is 0 Å². The summed E-state index contributed by atoms with van der Waals surface area (Å²) >= 11 is 3.66. The summed E-state index contributed by atoms with van der Waals surface area (Å²) in [4.78, 5) is 2.30. The van der Waals surface area contributed by atoms with Crippen LogP contribution in [0.5, 0.6) is 11.5 Å². The quantitative estimate of drug-likeness (QED) is 0.233. The molecule has 3 rings (SSSR count). The van der Waals surface area contributed by atoms with Gasteiger partial charge in [-0.15, -0.1) is 23.5 Å². The third-order valence-corrected chi connectivity index (χ3v) is 9.80. The largest absolute Gasteiger partial charge is 0.507 e. The SMILES string of the molecule is Cc1ccc(C(Sc2cc(C(C)(C)C)c(O)c(C(C)(C)C)c2)Sc2cc(C(C)(C)C)c(O)c(C(C)(C)C)c2)cc1. The summed E-state index contributed by atoms with van der Waals surface area (Å²) in [5.74, 6) is 0.819. The molecular weight excluding hydrogens is 529 g/mol. The smallest absolute Gasteiger partial charge is 0.123 e. The summed E-state index contributed by atoms with van der Waals surface area (Å²) in [7, 11) is 0. The summed E-state index contributed by atoms with van der Waals surface area (Å²) in [5, 5.41) is 22.6. The Morgan fingerprint density at radius 3 is 1.02 bits per heavy atom. The van der Waals surface area contributed by atoms with E-state index in [1.165, 1.54) is 11.1 Å². The Morgan fingerprint density at radius 1 is 0.500 bits per heavy atom. The highest BCUT2D eigenvalue weighted by Gasteiger charge is 2.30. The van der Waals surface area contributed by atoms with Crippen molar-refractivity contribution in [1.29, 1.82) is 0 Å². The number of phenols is 2. The van der Waals surface area contributed by atoms with Crippen LogP contribution in [0, 0.1) is 6.92 Å². The number of hydrogen-bond acceptors (Lipinski definition) is 4. The Balaban J connectivity index is 2.20. The van der Waals surface area contributed by atoms with Crippen LogP contribution in [0.1, 0.15) is 121 Å². The molecule has 3 aromatic rings.